The summed E-state index contributed by atoms with van der Waals surface area (Å²) in [5, 5.41) is 6.60. The number of ether oxygens (including phenoxy) is 1. The lowest BCUT2D eigenvalue weighted by Gasteiger charge is -2.18. The summed E-state index contributed by atoms with van der Waals surface area (Å²) in [6, 6.07) is 0. The first kappa shape index (κ1) is 13.7. The smallest absolute Gasteiger partial charge is 0.246 e. The van der Waals surface area contributed by atoms with Crippen LogP contribution in [0, 0.1) is 13.8 Å². The maximum atomic E-state index is 11.5. The van der Waals surface area contributed by atoms with Crippen molar-refractivity contribution in [3.63, 3.8) is 0 Å². The van der Waals surface area contributed by atoms with Crippen LogP contribution in [-0.4, -0.2) is 23.3 Å². The molecule has 1 heterocycles. The first-order valence-electron chi connectivity index (χ1n) is 5.62. The Morgan fingerprint density at radius 3 is 2.53 bits per heavy atom. The number of carbonyl (C=O) groups excluding carboxylic acids is 1. The molecule has 0 unspecified atom stereocenters. The fraction of sp³-hybridized carbons (Fsp3) is 0.667. The molecule has 0 radical (unpaired) electrons. The highest BCUT2D eigenvalue weighted by Crippen LogP contribution is 2.11. The predicted octanol–water partition coefficient (Wildman–Crippen LogP) is 1.72. The van der Waals surface area contributed by atoms with E-state index in [0.29, 0.717) is 6.54 Å². The van der Waals surface area contributed by atoms with E-state index in [0.717, 1.165) is 17.0 Å². The van der Waals surface area contributed by atoms with Gasteiger partial charge >= 0.3 is 0 Å². The predicted molar refractivity (Wildman–Crippen MR) is 63.5 cm³/mol. The zero-order chi connectivity index (χ0) is 13.1. The lowest BCUT2D eigenvalue weighted by Crippen LogP contribution is -2.31. The van der Waals surface area contributed by atoms with Crippen molar-refractivity contribution < 1.29 is 14.1 Å². The van der Waals surface area contributed by atoms with Crippen molar-refractivity contribution in [3.8, 4) is 0 Å². The average molecular weight is 240 g/mol. The highest BCUT2D eigenvalue weighted by atomic mass is 16.5. The normalized spacial score (nSPS) is 11.6. The molecule has 0 spiro atoms. The first-order chi connectivity index (χ1) is 7.79. The molecule has 0 bridgehead atoms. The van der Waals surface area contributed by atoms with Crippen molar-refractivity contribution in [1.82, 2.24) is 10.5 Å². The van der Waals surface area contributed by atoms with E-state index in [1.54, 1.807) is 0 Å². The summed E-state index contributed by atoms with van der Waals surface area (Å²) in [5.41, 5.74) is 1.43. The molecule has 0 saturated carbocycles. The molecule has 0 saturated heterocycles. The Hall–Kier alpha value is -1.36. The molecule has 0 aromatic carbocycles. The highest BCUT2D eigenvalue weighted by molar-refractivity contribution is 5.77. The van der Waals surface area contributed by atoms with Crippen LogP contribution >= 0.6 is 0 Å². The number of hydrogen-bond donors (Lipinski definition) is 1. The number of rotatable bonds is 4. The van der Waals surface area contributed by atoms with Crippen molar-refractivity contribution in [3.05, 3.63) is 17.0 Å². The van der Waals surface area contributed by atoms with Crippen molar-refractivity contribution in [2.45, 2.75) is 46.8 Å². The maximum absolute atomic E-state index is 11.5. The Bertz CT molecular complexity index is 371. The SMILES string of the molecule is Cc1noc(C)c1CNC(=O)COC(C)(C)C. The third-order valence-electron chi connectivity index (χ3n) is 2.28. The van der Waals surface area contributed by atoms with E-state index >= 15 is 0 Å². The number of aromatic nitrogens is 1. The van der Waals surface area contributed by atoms with E-state index < -0.39 is 0 Å². The van der Waals surface area contributed by atoms with Crippen LogP contribution in [0.25, 0.3) is 0 Å². The Balaban J connectivity index is 2.39. The van der Waals surface area contributed by atoms with Gasteiger partial charge in [-0.15, -0.1) is 0 Å². The van der Waals surface area contributed by atoms with Crippen LogP contribution in [0.2, 0.25) is 0 Å². The second-order valence-electron chi connectivity index (χ2n) is 4.98. The molecule has 5 heteroatoms. The minimum atomic E-state index is -0.305. The van der Waals surface area contributed by atoms with Gasteiger partial charge < -0.3 is 14.6 Å². The Kier molecular flexibility index (Phi) is 4.28. The van der Waals surface area contributed by atoms with E-state index in [9.17, 15) is 4.79 Å². The summed E-state index contributed by atoms with van der Waals surface area (Å²) in [6.07, 6.45) is 0. The molecule has 17 heavy (non-hydrogen) atoms. The van der Waals surface area contributed by atoms with Gasteiger partial charge in [-0.2, -0.15) is 0 Å². The van der Waals surface area contributed by atoms with Gasteiger partial charge in [0.25, 0.3) is 0 Å². The molecule has 5 nitrogen and oxygen atoms in total. The van der Waals surface area contributed by atoms with Crippen LogP contribution in [0.5, 0.6) is 0 Å². The summed E-state index contributed by atoms with van der Waals surface area (Å²) >= 11 is 0. The molecule has 0 aliphatic heterocycles. The lowest BCUT2D eigenvalue weighted by atomic mass is 10.2. The summed E-state index contributed by atoms with van der Waals surface area (Å²) in [6.45, 7) is 9.90. The van der Waals surface area contributed by atoms with E-state index in [4.69, 9.17) is 9.26 Å². The molecule has 0 atom stereocenters. The fourth-order valence-electron chi connectivity index (χ4n) is 1.27. The molecule has 96 valence electrons. The van der Waals surface area contributed by atoms with E-state index in [1.807, 2.05) is 34.6 Å². The number of hydrogen-bond acceptors (Lipinski definition) is 4. The van der Waals surface area contributed by atoms with Gasteiger partial charge in [-0.3, -0.25) is 4.79 Å². The van der Waals surface area contributed by atoms with Crippen LogP contribution in [0.4, 0.5) is 0 Å². The molecule has 1 aromatic heterocycles. The minimum absolute atomic E-state index is 0.0624. The molecule has 1 amide bonds. The van der Waals surface area contributed by atoms with Crippen molar-refractivity contribution in [1.29, 1.82) is 0 Å². The Morgan fingerprint density at radius 2 is 2.06 bits per heavy atom. The summed E-state index contributed by atoms with van der Waals surface area (Å²) in [4.78, 5) is 11.5. The zero-order valence-corrected chi connectivity index (χ0v) is 11.1. The second-order valence-corrected chi connectivity index (χ2v) is 4.98. The van der Waals surface area contributed by atoms with Gasteiger partial charge in [0.2, 0.25) is 5.91 Å². The maximum Gasteiger partial charge on any atom is 0.246 e. The molecular formula is C12H20N2O3. The minimum Gasteiger partial charge on any atom is -0.366 e. The van der Waals surface area contributed by atoms with Gasteiger partial charge in [-0.25, -0.2) is 0 Å². The van der Waals surface area contributed by atoms with E-state index in [-0.39, 0.29) is 18.1 Å². The van der Waals surface area contributed by atoms with Crippen LogP contribution in [-0.2, 0) is 16.1 Å². The lowest BCUT2D eigenvalue weighted by molar-refractivity contribution is -0.130. The average Bonchev–Trinajstić information content (AvgIpc) is 2.52. The van der Waals surface area contributed by atoms with E-state index in [1.165, 1.54) is 0 Å². The third kappa shape index (κ3) is 4.56. The molecule has 0 aliphatic rings. The number of carbonyl (C=O) groups is 1. The largest absolute Gasteiger partial charge is 0.366 e. The van der Waals surface area contributed by atoms with Crippen molar-refractivity contribution in [2.24, 2.45) is 0 Å². The van der Waals surface area contributed by atoms with Gasteiger partial charge in [0.05, 0.1) is 11.3 Å². The molecule has 0 fully saturated rings. The molecule has 1 rings (SSSR count). The van der Waals surface area contributed by atoms with Gasteiger partial charge in [0.1, 0.15) is 12.4 Å². The second kappa shape index (κ2) is 5.31. The summed E-state index contributed by atoms with van der Waals surface area (Å²) in [5.74, 6) is 0.597. The first-order valence-corrected chi connectivity index (χ1v) is 5.62. The summed E-state index contributed by atoms with van der Waals surface area (Å²) in [7, 11) is 0. The topological polar surface area (TPSA) is 64.4 Å². The van der Waals surface area contributed by atoms with Crippen LogP contribution in [0.1, 0.15) is 37.8 Å². The molecule has 1 aromatic rings. The van der Waals surface area contributed by atoms with Crippen molar-refractivity contribution in [2.75, 3.05) is 6.61 Å². The summed E-state index contributed by atoms with van der Waals surface area (Å²) < 4.78 is 10.4. The zero-order valence-electron chi connectivity index (χ0n) is 11.1. The Morgan fingerprint density at radius 1 is 1.41 bits per heavy atom. The molecule has 1 N–H and O–H groups in total. The van der Waals surface area contributed by atoms with Crippen LogP contribution in [0.15, 0.2) is 4.52 Å². The Labute approximate surface area is 102 Å². The number of nitrogens with one attached hydrogen (secondary N) is 1. The van der Waals surface area contributed by atoms with Crippen LogP contribution < -0.4 is 5.32 Å². The molecular weight excluding hydrogens is 220 g/mol. The van der Waals surface area contributed by atoms with Crippen LogP contribution in [0.3, 0.4) is 0 Å². The standard InChI is InChI=1S/C12H20N2O3/c1-8-10(9(2)17-14-8)6-13-11(15)7-16-12(3,4)5/h6-7H2,1-5H3,(H,13,15). The quantitative estimate of drug-likeness (QED) is 0.870. The number of aryl methyl sites for hydroxylation is 2. The highest BCUT2D eigenvalue weighted by Gasteiger charge is 2.14. The van der Waals surface area contributed by atoms with Gasteiger partial charge in [0.15, 0.2) is 0 Å². The van der Waals surface area contributed by atoms with E-state index in [2.05, 4.69) is 10.5 Å². The van der Waals surface area contributed by atoms with Crippen molar-refractivity contribution >= 4 is 5.91 Å². The number of nitrogens with zero attached hydrogens (tertiary/aromatic N) is 1. The fourth-order valence-corrected chi connectivity index (χ4v) is 1.27. The third-order valence-corrected chi connectivity index (χ3v) is 2.28. The van der Waals surface area contributed by atoms with Gasteiger partial charge in [0, 0.05) is 12.1 Å². The number of amides is 1. The molecule has 0 aliphatic carbocycles. The van der Waals surface area contributed by atoms with Gasteiger partial charge in [-0.05, 0) is 34.6 Å². The van der Waals surface area contributed by atoms with Gasteiger partial charge in [-0.1, -0.05) is 5.16 Å². The monoisotopic (exact) mass is 240 g/mol.